The highest BCUT2D eigenvalue weighted by molar-refractivity contribution is 7.22. The second-order valence-electron chi connectivity index (χ2n) is 8.46. The van der Waals surface area contributed by atoms with Crippen LogP contribution < -0.4 is 19.3 Å². The van der Waals surface area contributed by atoms with E-state index in [9.17, 15) is 14.4 Å². The second kappa shape index (κ2) is 11.7. The van der Waals surface area contributed by atoms with E-state index in [0.717, 1.165) is 22.6 Å². The van der Waals surface area contributed by atoms with Crippen LogP contribution in [0.15, 0.2) is 36.4 Å². The number of aromatic nitrogens is 1. The van der Waals surface area contributed by atoms with Crippen molar-refractivity contribution in [3.63, 3.8) is 0 Å². The van der Waals surface area contributed by atoms with E-state index in [1.807, 2.05) is 20.2 Å². The fourth-order valence-corrected chi connectivity index (χ4v) is 4.99. The first-order chi connectivity index (χ1) is 16.8. The van der Waals surface area contributed by atoms with Crippen molar-refractivity contribution < 1.29 is 23.9 Å². The molecule has 2 aromatic carbocycles. The number of amides is 3. The molecule has 0 saturated carbocycles. The Bertz CT molecular complexity index is 1220. The third-order valence-electron chi connectivity index (χ3n) is 5.75. The molecule has 0 atom stereocenters. The third-order valence-corrected chi connectivity index (χ3v) is 6.79. The number of carbonyl (C=O) groups excluding carboxylic acids is 3. The lowest BCUT2D eigenvalue weighted by molar-refractivity contribution is -0.121. The fourth-order valence-electron chi connectivity index (χ4n) is 3.99. The molecule has 1 saturated heterocycles. The van der Waals surface area contributed by atoms with Crippen LogP contribution in [0.5, 0.6) is 11.5 Å². The van der Waals surface area contributed by atoms with Gasteiger partial charge in [0, 0.05) is 37.1 Å². The number of methoxy groups -OCH3 is 2. The van der Waals surface area contributed by atoms with Crippen LogP contribution in [0.2, 0.25) is 0 Å². The van der Waals surface area contributed by atoms with Gasteiger partial charge >= 0.3 is 0 Å². The molecule has 0 spiro atoms. The van der Waals surface area contributed by atoms with E-state index in [2.05, 4.69) is 4.90 Å². The highest BCUT2D eigenvalue weighted by atomic mass is 35.5. The maximum atomic E-state index is 13.7. The first kappa shape index (κ1) is 27.4. The van der Waals surface area contributed by atoms with Crippen molar-refractivity contribution in [2.75, 3.05) is 51.2 Å². The summed E-state index contributed by atoms with van der Waals surface area (Å²) in [6.07, 6.45) is 1.11. The summed E-state index contributed by atoms with van der Waals surface area (Å²) in [5, 5.41) is 0.554. The zero-order valence-electron chi connectivity index (χ0n) is 20.6. The third kappa shape index (κ3) is 5.61. The molecular weight excluding hydrogens is 504 g/mol. The minimum absolute atomic E-state index is 0. The van der Waals surface area contributed by atoms with Gasteiger partial charge < -0.3 is 14.4 Å². The van der Waals surface area contributed by atoms with Gasteiger partial charge in [-0.15, -0.1) is 12.4 Å². The lowest BCUT2D eigenvalue weighted by Gasteiger charge is -2.22. The number of ether oxygens (including phenoxy) is 2. The van der Waals surface area contributed by atoms with Crippen molar-refractivity contribution in [1.82, 2.24) is 9.88 Å². The smallest absolute Gasteiger partial charge is 0.260 e. The summed E-state index contributed by atoms with van der Waals surface area (Å²) in [6.45, 7) is 1.25. The van der Waals surface area contributed by atoms with Crippen LogP contribution in [-0.2, 0) is 9.59 Å². The molecule has 0 radical (unpaired) electrons. The van der Waals surface area contributed by atoms with E-state index < -0.39 is 0 Å². The molecule has 3 amide bonds. The van der Waals surface area contributed by atoms with Crippen LogP contribution in [0.25, 0.3) is 10.2 Å². The van der Waals surface area contributed by atoms with E-state index >= 15 is 0 Å². The van der Waals surface area contributed by atoms with Crippen LogP contribution in [0.1, 0.15) is 29.6 Å². The molecule has 9 nitrogen and oxygen atoms in total. The molecule has 36 heavy (non-hydrogen) atoms. The predicted octanol–water partition coefficient (Wildman–Crippen LogP) is 3.99. The Morgan fingerprint density at radius 2 is 1.69 bits per heavy atom. The molecule has 0 N–H and O–H groups in total. The Kier molecular flexibility index (Phi) is 8.89. The van der Waals surface area contributed by atoms with Crippen molar-refractivity contribution >= 4 is 62.5 Å². The minimum Gasteiger partial charge on any atom is -0.493 e. The van der Waals surface area contributed by atoms with Gasteiger partial charge in [-0.3, -0.25) is 24.2 Å². The zero-order valence-corrected chi connectivity index (χ0v) is 22.3. The number of nitrogens with zero attached hydrogens (tertiary/aromatic N) is 4. The van der Waals surface area contributed by atoms with Gasteiger partial charge in [-0.2, -0.15) is 0 Å². The molecule has 1 aromatic heterocycles. The minimum atomic E-state index is -0.253. The number of benzene rings is 2. The Morgan fingerprint density at radius 3 is 2.33 bits per heavy atom. The Morgan fingerprint density at radius 1 is 1.03 bits per heavy atom. The van der Waals surface area contributed by atoms with Gasteiger partial charge in [0.05, 0.1) is 30.1 Å². The van der Waals surface area contributed by atoms with E-state index in [0.29, 0.717) is 39.9 Å². The van der Waals surface area contributed by atoms with Gasteiger partial charge in [0.15, 0.2) is 16.6 Å². The second-order valence-corrected chi connectivity index (χ2v) is 9.47. The lowest BCUT2D eigenvalue weighted by Crippen LogP contribution is -2.34. The predicted molar refractivity (Wildman–Crippen MR) is 143 cm³/mol. The summed E-state index contributed by atoms with van der Waals surface area (Å²) < 4.78 is 11.7. The number of hydrogen-bond acceptors (Lipinski definition) is 8. The normalized spacial score (nSPS) is 13.3. The van der Waals surface area contributed by atoms with Crippen LogP contribution in [0.4, 0.5) is 10.8 Å². The molecule has 4 rings (SSSR count). The summed E-state index contributed by atoms with van der Waals surface area (Å²) in [5.41, 5.74) is 1.50. The molecule has 0 unspecified atom stereocenters. The average molecular weight is 533 g/mol. The first-order valence-corrected chi connectivity index (χ1v) is 12.1. The largest absolute Gasteiger partial charge is 0.493 e. The molecule has 1 aliphatic rings. The standard InChI is InChI=1S/C25H28N4O5S.ClH/c1-27(2)11-6-12-28(25-26-18-14-19(33-3)20(34-4)15-21(18)35-25)24(32)16-7-5-8-17(13-16)29-22(30)9-10-23(29)31;/h5,7-8,13-15H,6,9-12H2,1-4H3;1H. The highest BCUT2D eigenvalue weighted by Gasteiger charge is 2.31. The topological polar surface area (TPSA) is 92.3 Å². The maximum absolute atomic E-state index is 13.7. The number of anilines is 2. The summed E-state index contributed by atoms with van der Waals surface area (Å²) >= 11 is 1.39. The SMILES string of the molecule is COc1cc2nc(N(CCCN(C)C)C(=O)c3cccc(N4C(=O)CCC4=O)c3)sc2cc1OC.Cl. The number of carbonyl (C=O) groups is 3. The average Bonchev–Trinajstić information content (AvgIpc) is 3.41. The summed E-state index contributed by atoms with van der Waals surface area (Å²) in [7, 11) is 7.11. The van der Waals surface area contributed by atoms with E-state index in [4.69, 9.17) is 14.5 Å². The van der Waals surface area contributed by atoms with Crippen molar-refractivity contribution in [2.45, 2.75) is 19.3 Å². The van der Waals surface area contributed by atoms with Gasteiger partial charge in [0.2, 0.25) is 11.8 Å². The molecule has 1 fully saturated rings. The van der Waals surface area contributed by atoms with Gasteiger partial charge in [-0.05, 0) is 45.3 Å². The van der Waals surface area contributed by atoms with Crippen molar-refractivity contribution in [2.24, 2.45) is 0 Å². The quantitative estimate of drug-likeness (QED) is 0.385. The number of rotatable bonds is 9. The number of imide groups is 1. The Hall–Kier alpha value is -3.21. The van der Waals surface area contributed by atoms with E-state index in [1.54, 1.807) is 49.5 Å². The molecule has 1 aliphatic heterocycles. The van der Waals surface area contributed by atoms with Gasteiger partial charge in [-0.25, -0.2) is 4.98 Å². The lowest BCUT2D eigenvalue weighted by atomic mass is 10.1. The molecule has 192 valence electrons. The van der Waals surface area contributed by atoms with Crippen LogP contribution >= 0.6 is 23.7 Å². The van der Waals surface area contributed by atoms with Crippen LogP contribution in [0, 0.1) is 0 Å². The maximum Gasteiger partial charge on any atom is 0.260 e. The van der Waals surface area contributed by atoms with E-state index in [-0.39, 0.29) is 43.0 Å². The van der Waals surface area contributed by atoms with Crippen LogP contribution in [0.3, 0.4) is 0 Å². The summed E-state index contributed by atoms with van der Waals surface area (Å²) in [6, 6.07) is 10.3. The molecule has 0 bridgehead atoms. The monoisotopic (exact) mass is 532 g/mol. The summed E-state index contributed by atoms with van der Waals surface area (Å²) in [5.74, 6) is 0.402. The van der Waals surface area contributed by atoms with Crippen molar-refractivity contribution in [3.8, 4) is 11.5 Å². The zero-order chi connectivity index (χ0) is 25.1. The molecular formula is C25H29ClN4O5S. The fraction of sp³-hybridized carbons (Fsp3) is 0.360. The van der Waals surface area contributed by atoms with Gasteiger partial charge in [0.1, 0.15) is 0 Å². The molecule has 2 heterocycles. The van der Waals surface area contributed by atoms with Crippen molar-refractivity contribution in [3.05, 3.63) is 42.0 Å². The highest BCUT2D eigenvalue weighted by Crippen LogP contribution is 2.38. The molecule has 11 heteroatoms. The molecule has 0 aliphatic carbocycles. The number of fused-ring (bicyclic) bond motifs is 1. The summed E-state index contributed by atoms with van der Waals surface area (Å²) in [4.78, 5) is 47.7. The number of halogens is 1. The Labute approximate surface area is 220 Å². The van der Waals surface area contributed by atoms with Gasteiger partial charge in [0.25, 0.3) is 5.91 Å². The number of hydrogen-bond donors (Lipinski definition) is 0. The van der Waals surface area contributed by atoms with Gasteiger partial charge in [-0.1, -0.05) is 17.4 Å². The van der Waals surface area contributed by atoms with Crippen LogP contribution in [-0.4, -0.2) is 69.0 Å². The Balaban J connectivity index is 0.00000361. The van der Waals surface area contributed by atoms with Crippen molar-refractivity contribution in [1.29, 1.82) is 0 Å². The number of thiazole rings is 1. The molecule has 3 aromatic rings. The van der Waals surface area contributed by atoms with E-state index in [1.165, 1.54) is 11.3 Å². The first-order valence-electron chi connectivity index (χ1n) is 11.3.